The SMILES string of the molecule is CC[C@@]1(O)C(=O)OCc2c1cc1n(c2=O)Cc2c-1nc1ccccc1c2/C=N\OCCNC(=O)COCCOCCOCC(=O)NCc1ccc(CC(NC(=O)C(CCCNC(=N)N)NCOCN)C(=O)NC(Cc2ccccc2)C(=O)NC(C=O)CC(=O)O)cc1. The number of cyclic esters (lactones) is 1. The van der Waals surface area contributed by atoms with Gasteiger partial charge in [0.15, 0.2) is 11.6 Å². The molecule has 492 valence electrons. The molecule has 0 fully saturated rings. The van der Waals surface area contributed by atoms with E-state index in [0.717, 1.165) is 5.39 Å². The number of pyridine rings is 2. The molecule has 5 aromatic rings. The van der Waals surface area contributed by atoms with E-state index in [0.29, 0.717) is 51.1 Å². The zero-order chi connectivity index (χ0) is 66.0. The Morgan fingerprint density at radius 3 is 2.08 bits per heavy atom. The minimum absolute atomic E-state index is 0.0170. The summed E-state index contributed by atoms with van der Waals surface area (Å²) in [5, 5.41) is 51.9. The molecule has 7 rings (SSSR count). The Kier molecular flexibility index (Phi) is 26.7. The van der Waals surface area contributed by atoms with Gasteiger partial charge in [0.05, 0.1) is 100 Å². The molecule has 92 heavy (non-hydrogen) atoms. The van der Waals surface area contributed by atoms with Crippen LogP contribution in [0, 0.1) is 5.41 Å². The summed E-state index contributed by atoms with van der Waals surface area (Å²) in [6, 6.07) is 19.6. The standard InChI is InChI=1S/C62H77N13O17/c1-2-62(86)46-28-51-55-44(31-75(51)59(84)45(46)33-91-60(62)85)43(42-11-6-7-12-47(42)72-55)30-70-92-20-19-66-52(77)34-88-23-21-87-22-24-89-35-53(78)68-29-40-16-14-39(15-17-40)26-50(73-56(81)48(69-37-90-36-63)13-8-18-67-61(64)65)58(83)74-49(25-38-9-4-3-5-10-38)57(82)71-41(32-76)27-54(79)80/h3-7,9-12,14-17,28,30,32,41,48-50,69,86H,2,8,13,18-27,29,31,33-37,63H2,1H3,(H,66,77)(H,68,78)(H,71,82)(H,73,81)(H,74,83)(H,79,80)(H4,64,65,67)/b70-30-/t41?,48?,49?,50?,62-/m0/s1. The second kappa shape index (κ2) is 35.2. The number of aliphatic hydroxyl groups is 1. The normalized spacial score (nSPS) is 15.1. The number of aromatic nitrogens is 2. The van der Waals surface area contributed by atoms with Crippen LogP contribution < -0.4 is 54.2 Å². The number of nitrogens with zero attached hydrogens (tertiary/aromatic N) is 3. The first-order valence-corrected chi connectivity index (χ1v) is 29.7. The van der Waals surface area contributed by atoms with E-state index < -0.39 is 77.7 Å². The van der Waals surface area contributed by atoms with Crippen LogP contribution in [0.5, 0.6) is 0 Å². The van der Waals surface area contributed by atoms with E-state index in [9.17, 15) is 53.4 Å². The number of nitrogens with one attached hydrogen (secondary N) is 8. The van der Waals surface area contributed by atoms with Crippen molar-refractivity contribution in [1.82, 2.24) is 46.8 Å². The van der Waals surface area contributed by atoms with Gasteiger partial charge in [0, 0.05) is 48.0 Å². The summed E-state index contributed by atoms with van der Waals surface area (Å²) < 4.78 is 28.3. The molecule has 30 heteroatoms. The van der Waals surface area contributed by atoms with Gasteiger partial charge in [0.1, 0.15) is 44.8 Å². The van der Waals surface area contributed by atoms with Gasteiger partial charge in [-0.2, -0.15) is 0 Å². The summed E-state index contributed by atoms with van der Waals surface area (Å²) in [4.78, 5) is 127. The molecule has 2 aliphatic heterocycles. The highest BCUT2D eigenvalue weighted by Crippen LogP contribution is 2.40. The molecule has 0 saturated carbocycles. The Morgan fingerprint density at radius 1 is 0.783 bits per heavy atom. The highest BCUT2D eigenvalue weighted by atomic mass is 16.6. The number of oxime groups is 1. The molecule has 0 bridgehead atoms. The van der Waals surface area contributed by atoms with E-state index >= 15 is 0 Å². The van der Waals surface area contributed by atoms with Crippen LogP contribution in [-0.4, -0.2) is 177 Å². The van der Waals surface area contributed by atoms with Gasteiger partial charge in [-0.3, -0.25) is 44.3 Å². The predicted octanol–water partition coefficient (Wildman–Crippen LogP) is -1.06. The number of amides is 5. The van der Waals surface area contributed by atoms with Gasteiger partial charge in [0.2, 0.25) is 29.5 Å². The van der Waals surface area contributed by atoms with Crippen molar-refractivity contribution in [2.75, 3.05) is 72.8 Å². The van der Waals surface area contributed by atoms with Crippen molar-refractivity contribution in [3.8, 4) is 11.4 Å². The molecule has 14 N–H and O–H groups in total. The zero-order valence-electron chi connectivity index (χ0n) is 50.7. The first-order chi connectivity index (χ1) is 44.4. The summed E-state index contributed by atoms with van der Waals surface area (Å²) in [5.74, 6) is -5.40. The summed E-state index contributed by atoms with van der Waals surface area (Å²) >= 11 is 0. The van der Waals surface area contributed by atoms with Gasteiger partial charge in [0.25, 0.3) is 5.56 Å². The summed E-state index contributed by atoms with van der Waals surface area (Å²) in [5.41, 5.74) is 13.9. The van der Waals surface area contributed by atoms with Gasteiger partial charge in [-0.25, -0.2) is 9.78 Å². The molecule has 2 aromatic heterocycles. The average molecular weight is 1280 g/mol. The smallest absolute Gasteiger partial charge is 0.343 e. The topological polar surface area (TPSA) is 440 Å². The highest BCUT2D eigenvalue weighted by molar-refractivity contribution is 6.02. The second-order valence-corrected chi connectivity index (χ2v) is 21.3. The van der Waals surface area contributed by atoms with E-state index in [4.69, 9.17) is 50.4 Å². The Balaban J connectivity index is 0.816. The van der Waals surface area contributed by atoms with Crippen LogP contribution in [0.4, 0.5) is 0 Å². The maximum absolute atomic E-state index is 14.3. The number of para-hydroxylation sites is 1. The third-order valence-corrected chi connectivity index (χ3v) is 14.9. The first-order valence-electron chi connectivity index (χ1n) is 29.7. The van der Waals surface area contributed by atoms with Crippen LogP contribution in [0.1, 0.15) is 71.6 Å². The van der Waals surface area contributed by atoms with Crippen molar-refractivity contribution in [2.24, 2.45) is 16.6 Å². The lowest BCUT2D eigenvalue weighted by Crippen LogP contribution is -2.58. The van der Waals surface area contributed by atoms with Crippen LogP contribution in [-0.2, 0) is 105 Å². The summed E-state index contributed by atoms with van der Waals surface area (Å²) in [6.07, 6.45) is 1.60. The van der Waals surface area contributed by atoms with Crippen molar-refractivity contribution in [3.63, 3.8) is 0 Å². The lowest BCUT2D eigenvalue weighted by atomic mass is 9.86. The predicted molar refractivity (Wildman–Crippen MR) is 331 cm³/mol. The number of aliphatic carboxylic acids is 1. The molecule has 4 heterocycles. The van der Waals surface area contributed by atoms with E-state index in [1.165, 1.54) is 6.21 Å². The average Bonchev–Trinajstić information content (AvgIpc) is 1.50. The van der Waals surface area contributed by atoms with Gasteiger partial charge < -0.3 is 91.5 Å². The molecular formula is C62H77N13O17. The monoisotopic (exact) mass is 1280 g/mol. The summed E-state index contributed by atoms with van der Waals surface area (Å²) in [7, 11) is 0. The number of fused-ring (bicyclic) bond motifs is 5. The number of carboxylic acids is 1. The van der Waals surface area contributed by atoms with Crippen LogP contribution in [0.25, 0.3) is 22.3 Å². The summed E-state index contributed by atoms with van der Waals surface area (Å²) in [6.45, 7) is 1.81. The number of esters is 1. The van der Waals surface area contributed by atoms with Gasteiger partial charge in [-0.15, -0.1) is 0 Å². The van der Waals surface area contributed by atoms with Crippen molar-refractivity contribution in [1.29, 1.82) is 5.41 Å². The van der Waals surface area contributed by atoms with Crippen LogP contribution in [0.15, 0.2) is 94.9 Å². The van der Waals surface area contributed by atoms with Gasteiger partial charge in [-0.05, 0) is 48.1 Å². The van der Waals surface area contributed by atoms with E-state index in [1.54, 1.807) is 72.2 Å². The number of guanidine groups is 1. The number of hydrogen-bond donors (Lipinski definition) is 12. The number of carbonyl (C=O) groups excluding carboxylic acids is 7. The van der Waals surface area contributed by atoms with Crippen molar-refractivity contribution in [3.05, 3.63) is 134 Å². The Labute approximate surface area is 528 Å². The largest absolute Gasteiger partial charge is 0.481 e. The number of carboxylic acid groups (broad SMARTS) is 1. The number of hydrogen-bond acceptors (Lipinski definition) is 21. The molecule has 0 spiro atoms. The molecule has 3 aromatic carbocycles. The Hall–Kier alpha value is -9.56. The molecule has 4 unspecified atom stereocenters. The number of ether oxygens (including phenoxy) is 5. The van der Waals surface area contributed by atoms with Gasteiger partial charge >= 0.3 is 11.9 Å². The van der Waals surface area contributed by atoms with E-state index in [-0.39, 0.29) is 147 Å². The molecule has 0 saturated heterocycles. The Bertz CT molecular complexity index is 3500. The molecule has 5 amide bonds. The van der Waals surface area contributed by atoms with Gasteiger partial charge in [-0.1, -0.05) is 84.9 Å². The molecule has 0 radical (unpaired) electrons. The van der Waals surface area contributed by atoms with E-state index in [2.05, 4.69) is 42.4 Å². The van der Waals surface area contributed by atoms with E-state index in [1.807, 2.05) is 24.3 Å². The minimum atomic E-state index is -1.96. The number of rotatable bonds is 39. The molecule has 30 nitrogen and oxygen atoms in total. The molecule has 5 atom stereocenters. The Morgan fingerprint density at radius 2 is 1.41 bits per heavy atom. The van der Waals surface area contributed by atoms with Crippen molar-refractivity contribution in [2.45, 2.75) is 94.9 Å². The fraction of sp³-hybridized carbons (Fsp3) is 0.419. The number of nitrogens with two attached hydrogens (primary N) is 2. The van der Waals surface area contributed by atoms with Crippen LogP contribution in [0.2, 0.25) is 0 Å². The minimum Gasteiger partial charge on any atom is -0.481 e. The van der Waals surface area contributed by atoms with Crippen molar-refractivity contribution < 1.29 is 77.1 Å². The number of carbonyl (C=O) groups is 8. The third-order valence-electron chi connectivity index (χ3n) is 14.9. The fourth-order valence-electron chi connectivity index (χ4n) is 10.1. The highest BCUT2D eigenvalue weighted by Gasteiger charge is 2.45. The first kappa shape index (κ1) is 69.9. The fourth-order valence-corrected chi connectivity index (χ4v) is 10.1. The molecule has 0 aliphatic carbocycles. The van der Waals surface area contributed by atoms with Crippen LogP contribution in [0.3, 0.4) is 0 Å². The maximum atomic E-state index is 14.3. The lowest BCUT2D eigenvalue weighted by Gasteiger charge is -2.31. The number of aldehydes is 1. The second-order valence-electron chi connectivity index (χ2n) is 21.3. The lowest BCUT2D eigenvalue weighted by molar-refractivity contribution is -0.172. The zero-order valence-corrected chi connectivity index (χ0v) is 50.7. The van der Waals surface area contributed by atoms with Crippen LogP contribution >= 0.6 is 0 Å². The third kappa shape index (κ3) is 20.0. The molecule has 2 aliphatic rings. The number of benzene rings is 3. The van der Waals surface area contributed by atoms with Crippen molar-refractivity contribution >= 4 is 70.8 Å². The maximum Gasteiger partial charge on any atom is 0.343 e. The molecular weight excluding hydrogens is 1200 g/mol. The quantitative estimate of drug-likeness (QED) is 0.00416.